The van der Waals surface area contributed by atoms with Gasteiger partial charge in [0.25, 0.3) is 11.8 Å². The number of imide groups is 2. The van der Waals surface area contributed by atoms with Crippen LogP contribution in [0.3, 0.4) is 0 Å². The molecule has 6 nitrogen and oxygen atoms in total. The molecule has 4 aliphatic carbocycles. The van der Waals surface area contributed by atoms with E-state index in [1.165, 1.54) is 33.4 Å². The maximum Gasteiger partial charge on any atom is 0.332 e. The third-order valence-corrected chi connectivity index (χ3v) is 6.77. The maximum atomic E-state index is 12.9. The molecule has 0 spiro atoms. The quantitative estimate of drug-likeness (QED) is 0.739. The second kappa shape index (κ2) is 5.14. The predicted molar refractivity (Wildman–Crippen MR) is 84.7 cm³/mol. The number of urea groups is 1. The smallest absolute Gasteiger partial charge is 0.298 e. The van der Waals surface area contributed by atoms with Gasteiger partial charge in [-0.05, 0) is 61.7 Å². The van der Waals surface area contributed by atoms with Gasteiger partial charge in [-0.1, -0.05) is 0 Å². The number of ketones is 1. The Bertz CT molecular complexity index is 582. The number of hydrogen-bond acceptors (Lipinski definition) is 4. The first-order chi connectivity index (χ1) is 11.3. The van der Waals surface area contributed by atoms with Crippen molar-refractivity contribution in [2.24, 2.45) is 29.1 Å². The van der Waals surface area contributed by atoms with Crippen LogP contribution in [-0.4, -0.2) is 47.5 Å². The lowest BCUT2D eigenvalue weighted by Gasteiger charge is -2.57. The zero-order chi connectivity index (χ0) is 17.2. The van der Waals surface area contributed by atoms with Crippen LogP contribution in [0.15, 0.2) is 0 Å². The first kappa shape index (κ1) is 15.8. The van der Waals surface area contributed by atoms with Crippen molar-refractivity contribution in [1.29, 1.82) is 0 Å². The fourth-order valence-corrected chi connectivity index (χ4v) is 6.16. The molecule has 5 aliphatic rings. The van der Waals surface area contributed by atoms with Crippen molar-refractivity contribution >= 4 is 23.6 Å². The van der Waals surface area contributed by atoms with Crippen molar-refractivity contribution in [2.75, 3.05) is 14.1 Å². The van der Waals surface area contributed by atoms with Gasteiger partial charge in [0.1, 0.15) is 0 Å². The van der Waals surface area contributed by atoms with Crippen LogP contribution in [-0.2, 0) is 14.4 Å². The molecule has 6 heteroatoms. The van der Waals surface area contributed by atoms with Gasteiger partial charge in [0.05, 0.1) is 0 Å². The van der Waals surface area contributed by atoms with E-state index >= 15 is 0 Å². The lowest BCUT2D eigenvalue weighted by molar-refractivity contribution is -0.153. The van der Waals surface area contributed by atoms with Gasteiger partial charge in [0.2, 0.25) is 0 Å². The van der Waals surface area contributed by atoms with Crippen LogP contribution in [0.1, 0.15) is 44.9 Å². The molecule has 5 rings (SSSR count). The summed E-state index contributed by atoms with van der Waals surface area (Å²) in [5.74, 6) is -0.810. The van der Waals surface area contributed by atoms with E-state index in [4.69, 9.17) is 0 Å². The molecular formula is C18H24N2O4. The minimum Gasteiger partial charge on any atom is -0.298 e. The SMILES string of the molecule is CN1C(=O)C(C(=O)CC23CC4CC(CC(C4)C2)C3)C(=O)N(C)C1=O. The predicted octanol–water partition coefficient (Wildman–Crippen LogP) is 1.83. The minimum absolute atomic E-state index is 0.00894. The van der Waals surface area contributed by atoms with E-state index in [-0.39, 0.29) is 11.2 Å². The summed E-state index contributed by atoms with van der Waals surface area (Å²) in [6.45, 7) is 0. The summed E-state index contributed by atoms with van der Waals surface area (Å²) in [7, 11) is 2.66. The molecule has 0 atom stereocenters. The third kappa shape index (κ3) is 2.22. The Hall–Kier alpha value is -1.72. The van der Waals surface area contributed by atoms with Gasteiger partial charge in [-0.25, -0.2) is 4.79 Å². The summed E-state index contributed by atoms with van der Waals surface area (Å²) >= 11 is 0. The number of rotatable bonds is 3. The normalized spacial score (nSPS) is 39.1. The molecule has 0 aromatic carbocycles. The molecule has 0 aromatic heterocycles. The molecule has 4 bridgehead atoms. The monoisotopic (exact) mass is 332 g/mol. The molecule has 1 aliphatic heterocycles. The Morgan fingerprint density at radius 3 is 1.75 bits per heavy atom. The van der Waals surface area contributed by atoms with Crippen LogP contribution in [0.5, 0.6) is 0 Å². The molecule has 5 fully saturated rings. The van der Waals surface area contributed by atoms with Gasteiger partial charge in [-0.3, -0.25) is 24.2 Å². The molecule has 0 aromatic rings. The van der Waals surface area contributed by atoms with E-state index in [0.717, 1.165) is 29.1 Å². The molecule has 4 amide bonds. The maximum absolute atomic E-state index is 12.9. The zero-order valence-electron chi connectivity index (χ0n) is 14.3. The van der Waals surface area contributed by atoms with E-state index in [2.05, 4.69) is 0 Å². The highest BCUT2D eigenvalue weighted by Gasteiger charge is 2.54. The van der Waals surface area contributed by atoms with Crippen LogP contribution in [0, 0.1) is 29.1 Å². The van der Waals surface area contributed by atoms with Crippen LogP contribution in [0.25, 0.3) is 0 Å². The number of barbiturate groups is 1. The van der Waals surface area contributed by atoms with Crippen molar-refractivity contribution in [3.63, 3.8) is 0 Å². The van der Waals surface area contributed by atoms with Gasteiger partial charge >= 0.3 is 6.03 Å². The second-order valence-electron chi connectivity index (χ2n) is 8.57. The van der Waals surface area contributed by atoms with Crippen LogP contribution < -0.4 is 0 Å². The number of amides is 4. The van der Waals surface area contributed by atoms with Gasteiger partial charge in [0.15, 0.2) is 11.7 Å². The number of hydrogen-bond donors (Lipinski definition) is 0. The number of carbonyl (C=O) groups is 4. The fraction of sp³-hybridized carbons (Fsp3) is 0.778. The van der Waals surface area contributed by atoms with E-state index in [9.17, 15) is 19.2 Å². The number of carbonyl (C=O) groups excluding carboxylic acids is 4. The lowest BCUT2D eigenvalue weighted by Crippen LogP contribution is -2.59. The summed E-state index contributed by atoms with van der Waals surface area (Å²) in [6.07, 6.45) is 7.35. The van der Waals surface area contributed by atoms with Crippen LogP contribution in [0.2, 0.25) is 0 Å². The van der Waals surface area contributed by atoms with Crippen LogP contribution in [0.4, 0.5) is 4.79 Å². The Kier molecular flexibility index (Phi) is 3.38. The topological polar surface area (TPSA) is 74.8 Å². The average molecular weight is 332 g/mol. The van der Waals surface area contributed by atoms with Crippen molar-refractivity contribution in [1.82, 2.24) is 9.80 Å². The zero-order valence-corrected chi connectivity index (χ0v) is 14.3. The van der Waals surface area contributed by atoms with E-state index < -0.39 is 23.8 Å². The van der Waals surface area contributed by atoms with Gasteiger partial charge < -0.3 is 0 Å². The molecule has 130 valence electrons. The first-order valence-electron chi connectivity index (χ1n) is 8.91. The highest BCUT2D eigenvalue weighted by atomic mass is 16.2. The standard InChI is InChI=1S/C18H24N2O4/c1-19-15(22)14(16(23)20(2)17(19)24)13(21)9-18-6-10-3-11(7-18)5-12(4-10)8-18/h10-12,14H,3-9H2,1-2H3. The van der Waals surface area contributed by atoms with Crippen molar-refractivity contribution in [3.8, 4) is 0 Å². The van der Waals surface area contributed by atoms with E-state index in [0.29, 0.717) is 24.2 Å². The second-order valence-corrected chi connectivity index (χ2v) is 8.57. The average Bonchev–Trinajstić information content (AvgIpc) is 2.49. The Morgan fingerprint density at radius 1 is 0.917 bits per heavy atom. The van der Waals surface area contributed by atoms with Crippen molar-refractivity contribution in [3.05, 3.63) is 0 Å². The first-order valence-corrected chi connectivity index (χ1v) is 8.91. The summed E-state index contributed by atoms with van der Waals surface area (Å²) in [5.41, 5.74) is -0.00894. The molecular weight excluding hydrogens is 308 g/mol. The molecule has 1 heterocycles. The Balaban J connectivity index is 1.55. The van der Waals surface area contributed by atoms with Gasteiger partial charge in [-0.15, -0.1) is 0 Å². The van der Waals surface area contributed by atoms with Gasteiger partial charge in [-0.2, -0.15) is 0 Å². The highest BCUT2D eigenvalue weighted by Crippen LogP contribution is 2.61. The highest BCUT2D eigenvalue weighted by molar-refractivity contribution is 6.26. The number of Topliss-reactive ketones (excluding diaryl/α,β-unsaturated/α-hetero) is 1. The number of nitrogens with zero attached hydrogens (tertiary/aromatic N) is 2. The summed E-state index contributed by atoms with van der Waals surface area (Å²) in [5, 5.41) is 0. The summed E-state index contributed by atoms with van der Waals surface area (Å²) < 4.78 is 0. The van der Waals surface area contributed by atoms with Crippen LogP contribution >= 0.6 is 0 Å². The molecule has 0 radical (unpaired) electrons. The summed E-state index contributed by atoms with van der Waals surface area (Å²) in [6, 6.07) is -0.663. The molecule has 24 heavy (non-hydrogen) atoms. The molecule has 1 saturated heterocycles. The molecule has 0 unspecified atom stereocenters. The Morgan fingerprint density at radius 2 is 1.33 bits per heavy atom. The van der Waals surface area contributed by atoms with Crippen molar-refractivity contribution in [2.45, 2.75) is 44.9 Å². The Labute approximate surface area is 141 Å². The third-order valence-electron chi connectivity index (χ3n) is 6.77. The van der Waals surface area contributed by atoms with E-state index in [1.54, 1.807) is 0 Å². The molecule has 4 saturated carbocycles. The van der Waals surface area contributed by atoms with Gasteiger partial charge in [0, 0.05) is 20.5 Å². The largest absolute Gasteiger partial charge is 0.332 e. The fourth-order valence-electron chi connectivity index (χ4n) is 6.16. The minimum atomic E-state index is -1.33. The van der Waals surface area contributed by atoms with E-state index in [1.807, 2.05) is 0 Å². The lowest BCUT2D eigenvalue weighted by atomic mass is 9.48. The molecule has 0 N–H and O–H groups in total. The summed E-state index contributed by atoms with van der Waals surface area (Å²) in [4.78, 5) is 51.2. The van der Waals surface area contributed by atoms with Crippen molar-refractivity contribution < 1.29 is 19.2 Å².